The Morgan fingerprint density at radius 2 is 2.43 bits per heavy atom. The van der Waals surface area contributed by atoms with E-state index in [0.717, 1.165) is 6.54 Å². The molecule has 1 amide bonds. The molecule has 0 spiro atoms. The molecule has 0 N–H and O–H groups in total. The minimum Gasteiger partial charge on any atom is -0.356 e. The van der Waals surface area contributed by atoms with E-state index in [9.17, 15) is 4.79 Å². The summed E-state index contributed by atoms with van der Waals surface area (Å²) < 4.78 is 5.60. The summed E-state index contributed by atoms with van der Waals surface area (Å²) >= 11 is 0. The van der Waals surface area contributed by atoms with Crippen LogP contribution >= 0.6 is 0 Å². The Kier molecular flexibility index (Phi) is 1.46. The first-order valence-corrected chi connectivity index (χ1v) is 5.02. The van der Waals surface area contributed by atoms with Crippen LogP contribution in [0.2, 0.25) is 0 Å². The predicted molar refractivity (Wildman–Crippen MR) is 51.3 cm³/mol. The fourth-order valence-electron chi connectivity index (χ4n) is 2.67. The minimum absolute atomic E-state index is 0.0197. The molecule has 0 bridgehead atoms. The smallest absolute Gasteiger partial charge is 0.235 e. The number of allylic oxidation sites excluding steroid dienone is 2. The lowest BCUT2D eigenvalue weighted by atomic mass is 9.76. The van der Waals surface area contributed by atoms with Crippen molar-refractivity contribution in [2.45, 2.75) is 13.2 Å². The highest BCUT2D eigenvalue weighted by atomic mass is 16.5. The van der Waals surface area contributed by atoms with E-state index in [2.05, 4.69) is 6.08 Å². The van der Waals surface area contributed by atoms with Gasteiger partial charge in [0.05, 0.1) is 12.0 Å². The average molecular weight is 191 g/mol. The van der Waals surface area contributed by atoms with Gasteiger partial charge >= 0.3 is 0 Å². The monoisotopic (exact) mass is 191 g/mol. The van der Waals surface area contributed by atoms with E-state index in [1.165, 1.54) is 0 Å². The van der Waals surface area contributed by atoms with Gasteiger partial charge in [0.15, 0.2) is 0 Å². The zero-order valence-corrected chi connectivity index (χ0v) is 8.14. The van der Waals surface area contributed by atoms with Crippen molar-refractivity contribution in [3.05, 3.63) is 24.3 Å². The van der Waals surface area contributed by atoms with Crippen LogP contribution in [-0.4, -0.2) is 30.2 Å². The van der Waals surface area contributed by atoms with Crippen molar-refractivity contribution in [3.63, 3.8) is 0 Å². The largest absolute Gasteiger partial charge is 0.356 e. The first kappa shape index (κ1) is 8.24. The van der Waals surface area contributed by atoms with E-state index in [0.29, 0.717) is 6.61 Å². The Hall–Kier alpha value is -1.09. The van der Waals surface area contributed by atoms with Crippen LogP contribution in [0.3, 0.4) is 0 Å². The Morgan fingerprint density at radius 3 is 3.29 bits per heavy atom. The Labute approximate surface area is 83.0 Å². The van der Waals surface area contributed by atoms with Crippen molar-refractivity contribution in [3.8, 4) is 0 Å². The fourth-order valence-corrected chi connectivity index (χ4v) is 2.67. The maximum Gasteiger partial charge on any atom is 0.235 e. The molecular formula is C11H13NO2. The number of ether oxygens (including phenoxy) is 1. The molecule has 2 heterocycles. The van der Waals surface area contributed by atoms with Crippen LogP contribution < -0.4 is 0 Å². The number of carbonyl (C=O) groups is 1. The number of amides is 1. The van der Waals surface area contributed by atoms with E-state index in [-0.39, 0.29) is 23.5 Å². The van der Waals surface area contributed by atoms with Gasteiger partial charge in [-0.05, 0) is 6.92 Å². The van der Waals surface area contributed by atoms with Gasteiger partial charge in [0.1, 0.15) is 6.23 Å². The molecule has 14 heavy (non-hydrogen) atoms. The Bertz CT molecular complexity index is 347. The topological polar surface area (TPSA) is 29.5 Å². The van der Waals surface area contributed by atoms with Crippen LogP contribution in [0, 0.1) is 11.3 Å². The Balaban J connectivity index is 2.07. The van der Waals surface area contributed by atoms with Crippen LogP contribution in [0.5, 0.6) is 0 Å². The van der Waals surface area contributed by atoms with Gasteiger partial charge in [-0.15, -0.1) is 0 Å². The maximum atomic E-state index is 12.1. The molecule has 3 atom stereocenters. The molecule has 0 aromatic heterocycles. The highest BCUT2D eigenvalue weighted by Gasteiger charge is 2.56. The molecule has 3 rings (SSSR count). The molecule has 0 saturated carbocycles. The first-order chi connectivity index (χ1) is 6.73. The molecule has 0 aromatic carbocycles. The average Bonchev–Trinajstić information content (AvgIpc) is 2.71. The lowest BCUT2D eigenvalue weighted by Gasteiger charge is -2.26. The zero-order chi connectivity index (χ0) is 9.76. The van der Waals surface area contributed by atoms with Crippen LogP contribution in [-0.2, 0) is 9.53 Å². The fraction of sp³-hybridized carbons (Fsp3) is 0.545. The summed E-state index contributed by atoms with van der Waals surface area (Å²) in [5.41, 5.74) is -0.361. The second-order valence-corrected chi connectivity index (χ2v) is 4.31. The molecule has 2 aliphatic heterocycles. The minimum atomic E-state index is -0.361. The molecule has 3 nitrogen and oxygen atoms in total. The van der Waals surface area contributed by atoms with Gasteiger partial charge in [-0.2, -0.15) is 0 Å². The molecule has 0 aromatic rings. The van der Waals surface area contributed by atoms with Crippen LogP contribution in [0.1, 0.15) is 6.92 Å². The summed E-state index contributed by atoms with van der Waals surface area (Å²) in [4.78, 5) is 14.0. The summed E-state index contributed by atoms with van der Waals surface area (Å²) in [5.74, 6) is 0.410. The molecule has 0 radical (unpaired) electrons. The van der Waals surface area contributed by atoms with E-state index < -0.39 is 0 Å². The maximum absolute atomic E-state index is 12.1. The number of nitrogens with zero attached hydrogens (tertiary/aromatic N) is 1. The lowest BCUT2D eigenvalue weighted by Crippen LogP contribution is -2.33. The second kappa shape index (κ2) is 2.48. The number of fused-ring (bicyclic) bond motifs is 3. The third kappa shape index (κ3) is 0.786. The number of rotatable bonds is 0. The highest BCUT2D eigenvalue weighted by molar-refractivity contribution is 5.88. The molecule has 0 unspecified atom stereocenters. The van der Waals surface area contributed by atoms with Gasteiger partial charge < -0.3 is 9.64 Å². The van der Waals surface area contributed by atoms with E-state index in [4.69, 9.17) is 4.74 Å². The summed E-state index contributed by atoms with van der Waals surface area (Å²) in [7, 11) is 0. The molecule has 1 aliphatic carbocycles. The van der Waals surface area contributed by atoms with Crippen molar-refractivity contribution in [2.75, 3.05) is 13.2 Å². The summed E-state index contributed by atoms with van der Waals surface area (Å²) in [6.07, 6.45) is 8.03. The second-order valence-electron chi connectivity index (χ2n) is 4.31. The van der Waals surface area contributed by atoms with Gasteiger partial charge in [-0.25, -0.2) is 0 Å². The lowest BCUT2D eigenvalue weighted by molar-refractivity contribution is -0.134. The van der Waals surface area contributed by atoms with E-state index in [1.807, 2.05) is 30.1 Å². The summed E-state index contributed by atoms with van der Waals surface area (Å²) in [6, 6.07) is 0. The normalized spacial score (nSPS) is 44.4. The van der Waals surface area contributed by atoms with Gasteiger partial charge in [-0.1, -0.05) is 24.3 Å². The van der Waals surface area contributed by atoms with Gasteiger partial charge in [0, 0.05) is 12.5 Å². The van der Waals surface area contributed by atoms with Crippen molar-refractivity contribution in [1.29, 1.82) is 0 Å². The zero-order valence-electron chi connectivity index (χ0n) is 8.14. The van der Waals surface area contributed by atoms with Gasteiger partial charge in [-0.3, -0.25) is 4.79 Å². The van der Waals surface area contributed by atoms with Crippen molar-refractivity contribution < 1.29 is 9.53 Å². The van der Waals surface area contributed by atoms with Crippen molar-refractivity contribution >= 4 is 5.91 Å². The molecular weight excluding hydrogens is 178 g/mol. The standard InChI is InChI=1S/C11H13NO2/c1-11-5-3-2-4-8(11)9-12(10(11)13)6-7-14-9/h2-5,8-9H,6-7H2,1H3/t8-,9+,11-/m1/s1. The molecule has 2 saturated heterocycles. The third-order valence-electron chi connectivity index (χ3n) is 3.52. The number of hydrogen-bond acceptors (Lipinski definition) is 2. The van der Waals surface area contributed by atoms with Crippen LogP contribution in [0.4, 0.5) is 0 Å². The van der Waals surface area contributed by atoms with E-state index in [1.54, 1.807) is 0 Å². The van der Waals surface area contributed by atoms with Crippen molar-refractivity contribution in [2.24, 2.45) is 11.3 Å². The molecule has 3 heteroatoms. The Morgan fingerprint density at radius 1 is 1.57 bits per heavy atom. The van der Waals surface area contributed by atoms with Crippen LogP contribution in [0.25, 0.3) is 0 Å². The number of carbonyl (C=O) groups excluding carboxylic acids is 1. The summed E-state index contributed by atoms with van der Waals surface area (Å²) in [6.45, 7) is 3.43. The highest BCUT2D eigenvalue weighted by Crippen LogP contribution is 2.46. The predicted octanol–water partition coefficient (Wildman–Crippen LogP) is 0.933. The third-order valence-corrected chi connectivity index (χ3v) is 3.52. The van der Waals surface area contributed by atoms with Gasteiger partial charge in [0.2, 0.25) is 5.91 Å². The number of hydrogen-bond donors (Lipinski definition) is 0. The quantitative estimate of drug-likeness (QED) is 0.570. The molecule has 3 aliphatic rings. The van der Waals surface area contributed by atoms with E-state index >= 15 is 0 Å². The van der Waals surface area contributed by atoms with Crippen molar-refractivity contribution in [1.82, 2.24) is 4.90 Å². The molecule has 2 fully saturated rings. The first-order valence-electron chi connectivity index (χ1n) is 5.02. The van der Waals surface area contributed by atoms with Gasteiger partial charge in [0.25, 0.3) is 0 Å². The van der Waals surface area contributed by atoms with Crippen LogP contribution in [0.15, 0.2) is 24.3 Å². The molecule has 74 valence electrons. The summed E-state index contributed by atoms with van der Waals surface area (Å²) in [5, 5.41) is 0. The SMILES string of the molecule is C[C@@]12C=CC=C[C@@H]1[C@@H]1OCCN1C2=O.